The zero-order chi connectivity index (χ0) is 9.84. The lowest BCUT2D eigenvalue weighted by molar-refractivity contribution is 0.167. The van der Waals surface area contributed by atoms with Gasteiger partial charge in [-0.1, -0.05) is 24.9 Å². The highest BCUT2D eigenvalue weighted by Crippen LogP contribution is 2.16. The topological polar surface area (TPSA) is 20.2 Å². The molecule has 2 radical (unpaired) electrons. The molecule has 0 aromatic heterocycles. The molecule has 0 aliphatic heterocycles. The van der Waals surface area contributed by atoms with E-state index < -0.39 is 6.10 Å². The molecular formula is C10H12BFO. The average Bonchev–Trinajstić information content (AvgIpc) is 2.09. The van der Waals surface area contributed by atoms with E-state index >= 15 is 0 Å². The van der Waals surface area contributed by atoms with E-state index in [1.165, 1.54) is 18.2 Å². The van der Waals surface area contributed by atoms with E-state index in [4.69, 9.17) is 7.85 Å². The summed E-state index contributed by atoms with van der Waals surface area (Å²) >= 11 is 0. The zero-order valence-corrected chi connectivity index (χ0v) is 7.63. The van der Waals surface area contributed by atoms with E-state index in [1.54, 1.807) is 0 Å². The van der Waals surface area contributed by atoms with E-state index in [9.17, 15) is 9.50 Å². The van der Waals surface area contributed by atoms with Gasteiger partial charge in [-0.25, -0.2) is 4.39 Å². The molecule has 0 aliphatic rings. The summed E-state index contributed by atoms with van der Waals surface area (Å²) in [4.78, 5) is 0. The molecule has 1 aromatic rings. The zero-order valence-electron chi connectivity index (χ0n) is 7.63. The Morgan fingerprint density at radius 3 is 2.85 bits per heavy atom. The Morgan fingerprint density at radius 1 is 1.54 bits per heavy atom. The van der Waals surface area contributed by atoms with Crippen LogP contribution in [0.5, 0.6) is 0 Å². The molecule has 0 spiro atoms. The fourth-order valence-corrected chi connectivity index (χ4v) is 1.26. The molecule has 13 heavy (non-hydrogen) atoms. The highest BCUT2D eigenvalue weighted by Gasteiger charge is 2.09. The summed E-state index contributed by atoms with van der Waals surface area (Å²) in [6.45, 7) is 1.96. The molecule has 1 N–H and O–H groups in total. The SMILES string of the molecule is [B]c1ccc(F)cc1C(O)CCC. The van der Waals surface area contributed by atoms with Crippen LogP contribution in [0, 0.1) is 5.82 Å². The van der Waals surface area contributed by atoms with Gasteiger partial charge < -0.3 is 5.11 Å². The van der Waals surface area contributed by atoms with Crippen LogP contribution >= 0.6 is 0 Å². The van der Waals surface area contributed by atoms with Crippen LogP contribution in [0.1, 0.15) is 31.4 Å². The minimum Gasteiger partial charge on any atom is -0.388 e. The van der Waals surface area contributed by atoms with Crippen LogP contribution in [0.2, 0.25) is 0 Å². The van der Waals surface area contributed by atoms with Crippen molar-refractivity contribution in [1.82, 2.24) is 0 Å². The molecular weight excluding hydrogens is 166 g/mol. The fourth-order valence-electron chi connectivity index (χ4n) is 1.26. The smallest absolute Gasteiger partial charge is 0.123 e. The number of aliphatic hydroxyl groups is 1. The standard InChI is InChI=1S/C10H12BFO/c1-2-3-10(13)8-6-7(12)4-5-9(8)11/h4-6,10,13H,2-3H2,1H3. The molecule has 1 rings (SSSR count). The third-order valence-electron chi connectivity index (χ3n) is 1.97. The lowest BCUT2D eigenvalue weighted by atomic mass is 9.87. The van der Waals surface area contributed by atoms with E-state index in [-0.39, 0.29) is 5.82 Å². The van der Waals surface area contributed by atoms with Crippen molar-refractivity contribution in [1.29, 1.82) is 0 Å². The highest BCUT2D eigenvalue weighted by atomic mass is 19.1. The molecule has 1 aromatic carbocycles. The normalized spacial score (nSPS) is 12.8. The number of rotatable bonds is 3. The number of hydrogen-bond acceptors (Lipinski definition) is 1. The summed E-state index contributed by atoms with van der Waals surface area (Å²) in [5.74, 6) is -0.362. The number of halogens is 1. The van der Waals surface area contributed by atoms with Crippen molar-refractivity contribution in [2.24, 2.45) is 0 Å². The summed E-state index contributed by atoms with van der Waals surface area (Å²) in [6.07, 6.45) is 0.797. The van der Waals surface area contributed by atoms with Crippen LogP contribution in [-0.2, 0) is 0 Å². The summed E-state index contributed by atoms with van der Waals surface area (Å²) in [5, 5.41) is 9.58. The first-order chi connectivity index (χ1) is 6.15. The van der Waals surface area contributed by atoms with Gasteiger partial charge in [0.05, 0.1) is 6.10 Å². The van der Waals surface area contributed by atoms with Crippen molar-refractivity contribution in [2.75, 3.05) is 0 Å². The van der Waals surface area contributed by atoms with Crippen LogP contribution in [0.3, 0.4) is 0 Å². The molecule has 0 heterocycles. The van der Waals surface area contributed by atoms with E-state index in [1.807, 2.05) is 6.92 Å². The number of benzene rings is 1. The lowest BCUT2D eigenvalue weighted by Gasteiger charge is -2.12. The van der Waals surface area contributed by atoms with E-state index in [0.29, 0.717) is 17.4 Å². The maximum Gasteiger partial charge on any atom is 0.123 e. The highest BCUT2D eigenvalue weighted by molar-refractivity contribution is 6.33. The Hall–Kier alpha value is -0.825. The summed E-state index contributed by atoms with van der Waals surface area (Å²) in [5.41, 5.74) is 0.934. The van der Waals surface area contributed by atoms with Gasteiger partial charge in [0.1, 0.15) is 13.7 Å². The van der Waals surface area contributed by atoms with Gasteiger partial charge in [-0.3, -0.25) is 0 Å². The third kappa shape index (κ3) is 2.56. The first-order valence-electron chi connectivity index (χ1n) is 4.38. The minimum absolute atomic E-state index is 0.362. The molecule has 0 saturated heterocycles. The molecule has 0 bridgehead atoms. The predicted octanol–water partition coefficient (Wildman–Crippen LogP) is 1.45. The minimum atomic E-state index is -0.652. The largest absolute Gasteiger partial charge is 0.388 e. The Labute approximate surface area is 79.0 Å². The van der Waals surface area contributed by atoms with Gasteiger partial charge in [0.15, 0.2) is 0 Å². The molecule has 1 unspecified atom stereocenters. The van der Waals surface area contributed by atoms with Gasteiger partial charge in [0, 0.05) is 0 Å². The monoisotopic (exact) mass is 178 g/mol. The molecule has 1 nitrogen and oxygen atoms in total. The van der Waals surface area contributed by atoms with Gasteiger partial charge in [0.2, 0.25) is 0 Å². The summed E-state index contributed by atoms with van der Waals surface area (Å²) < 4.78 is 12.8. The van der Waals surface area contributed by atoms with Crippen LogP contribution in [0.15, 0.2) is 18.2 Å². The fraction of sp³-hybridized carbons (Fsp3) is 0.400. The Morgan fingerprint density at radius 2 is 2.23 bits per heavy atom. The second-order valence-corrected chi connectivity index (χ2v) is 3.08. The Kier molecular flexibility index (Phi) is 3.49. The van der Waals surface area contributed by atoms with Crippen molar-refractivity contribution in [3.05, 3.63) is 29.6 Å². The number of aliphatic hydroxyl groups excluding tert-OH is 1. The summed E-state index contributed by atoms with van der Waals surface area (Å²) in [6, 6.07) is 4.05. The summed E-state index contributed by atoms with van der Waals surface area (Å²) in [7, 11) is 5.59. The van der Waals surface area contributed by atoms with Crippen LogP contribution in [0.4, 0.5) is 4.39 Å². The van der Waals surface area contributed by atoms with E-state index in [0.717, 1.165) is 6.42 Å². The lowest BCUT2D eigenvalue weighted by Crippen LogP contribution is -2.14. The van der Waals surface area contributed by atoms with Crippen molar-refractivity contribution in [2.45, 2.75) is 25.9 Å². The third-order valence-corrected chi connectivity index (χ3v) is 1.97. The second-order valence-electron chi connectivity index (χ2n) is 3.08. The van der Waals surface area contributed by atoms with Crippen LogP contribution in [0.25, 0.3) is 0 Å². The molecule has 0 amide bonds. The van der Waals surface area contributed by atoms with Gasteiger partial charge in [-0.15, -0.1) is 0 Å². The first-order valence-corrected chi connectivity index (χ1v) is 4.38. The maximum absolute atomic E-state index is 12.8. The van der Waals surface area contributed by atoms with Gasteiger partial charge in [-0.2, -0.15) is 0 Å². The average molecular weight is 178 g/mol. The maximum atomic E-state index is 12.8. The molecule has 0 aliphatic carbocycles. The second kappa shape index (κ2) is 4.42. The Balaban J connectivity index is 2.91. The molecule has 0 fully saturated rings. The molecule has 68 valence electrons. The predicted molar refractivity (Wildman–Crippen MR) is 51.7 cm³/mol. The van der Waals surface area contributed by atoms with Gasteiger partial charge in [0.25, 0.3) is 0 Å². The number of hydrogen-bond donors (Lipinski definition) is 1. The molecule has 3 heteroatoms. The van der Waals surface area contributed by atoms with Crippen LogP contribution in [-0.4, -0.2) is 13.0 Å². The first kappa shape index (κ1) is 10.3. The van der Waals surface area contributed by atoms with Gasteiger partial charge >= 0.3 is 0 Å². The van der Waals surface area contributed by atoms with Crippen molar-refractivity contribution < 1.29 is 9.50 Å². The van der Waals surface area contributed by atoms with Crippen molar-refractivity contribution >= 4 is 13.3 Å². The van der Waals surface area contributed by atoms with Crippen molar-refractivity contribution in [3.63, 3.8) is 0 Å². The Bertz CT molecular complexity index is 288. The van der Waals surface area contributed by atoms with Crippen LogP contribution < -0.4 is 5.46 Å². The van der Waals surface area contributed by atoms with Gasteiger partial charge in [-0.05, 0) is 24.1 Å². The molecule has 0 saturated carbocycles. The quantitative estimate of drug-likeness (QED) is 0.694. The van der Waals surface area contributed by atoms with Crippen molar-refractivity contribution in [3.8, 4) is 0 Å². The molecule has 1 atom stereocenters. The van der Waals surface area contributed by atoms with E-state index in [2.05, 4.69) is 0 Å².